The van der Waals surface area contributed by atoms with Crippen LogP contribution in [0.25, 0.3) is 0 Å². The molecule has 0 radical (unpaired) electrons. The van der Waals surface area contributed by atoms with Gasteiger partial charge < -0.3 is 20.1 Å². The lowest BCUT2D eigenvalue weighted by molar-refractivity contribution is 0.351. The number of halogens is 1. The number of hydrogen-bond acceptors (Lipinski definition) is 5. The predicted octanol–water partition coefficient (Wildman–Crippen LogP) is 2.95. The minimum Gasteiger partial charge on any atom is -0.493 e. The van der Waals surface area contributed by atoms with Crippen LogP contribution < -0.4 is 20.1 Å². The van der Waals surface area contributed by atoms with Gasteiger partial charge in [0.25, 0.3) is 0 Å². The topological polar surface area (TPSA) is 67.8 Å². The Kier molecular flexibility index (Phi) is 8.83. The smallest absolute Gasteiger partial charge is 0.191 e. The third-order valence-corrected chi connectivity index (χ3v) is 4.14. The molecule has 1 aromatic heterocycles. The molecule has 0 spiro atoms. The van der Waals surface area contributed by atoms with Crippen LogP contribution in [0.1, 0.15) is 15.4 Å². The van der Waals surface area contributed by atoms with Crippen LogP contribution in [-0.2, 0) is 13.1 Å². The molecule has 2 rings (SSSR count). The van der Waals surface area contributed by atoms with Crippen molar-refractivity contribution in [1.29, 1.82) is 0 Å². The zero-order valence-electron chi connectivity index (χ0n) is 14.3. The van der Waals surface area contributed by atoms with Crippen LogP contribution in [0.2, 0.25) is 0 Å². The van der Waals surface area contributed by atoms with E-state index in [0.717, 1.165) is 16.3 Å². The predicted molar refractivity (Wildman–Crippen MR) is 109 cm³/mol. The molecule has 1 aromatic carbocycles. The second-order valence-electron chi connectivity index (χ2n) is 4.80. The average molecular weight is 462 g/mol. The minimum atomic E-state index is 0. The number of methoxy groups -OCH3 is 2. The van der Waals surface area contributed by atoms with Crippen molar-refractivity contribution in [2.45, 2.75) is 20.0 Å². The van der Waals surface area contributed by atoms with Gasteiger partial charge >= 0.3 is 0 Å². The van der Waals surface area contributed by atoms with Gasteiger partial charge in [-0.3, -0.25) is 4.99 Å². The monoisotopic (exact) mass is 462 g/mol. The number of para-hydroxylation sites is 1. The van der Waals surface area contributed by atoms with E-state index in [1.54, 1.807) is 32.6 Å². The van der Waals surface area contributed by atoms with Gasteiger partial charge in [-0.25, -0.2) is 4.98 Å². The van der Waals surface area contributed by atoms with E-state index in [0.29, 0.717) is 24.8 Å². The SMILES string of the molecule is CN=C(NCc1ncc(C)s1)NCc1cccc(OC)c1OC.I. The molecule has 6 nitrogen and oxygen atoms in total. The molecule has 24 heavy (non-hydrogen) atoms. The number of aryl methyl sites for hydroxylation is 1. The molecule has 2 N–H and O–H groups in total. The summed E-state index contributed by atoms with van der Waals surface area (Å²) in [6.07, 6.45) is 1.87. The molecule has 0 aliphatic heterocycles. The van der Waals surface area contributed by atoms with Crippen molar-refractivity contribution in [2.75, 3.05) is 21.3 Å². The second kappa shape index (κ2) is 10.3. The standard InChI is InChI=1S/C16H22N4O2S.HI/c1-11-8-18-14(23-11)10-20-16(17-2)19-9-12-6-5-7-13(21-3)15(12)22-4;/h5-8H,9-10H2,1-4H3,(H2,17,19,20);1H. The number of thiazole rings is 1. The highest BCUT2D eigenvalue weighted by Gasteiger charge is 2.10. The molecule has 0 bridgehead atoms. The number of aliphatic imine (C=N–C) groups is 1. The lowest BCUT2D eigenvalue weighted by Crippen LogP contribution is -2.36. The molecule has 0 saturated heterocycles. The Balaban J connectivity index is 0.00000288. The number of rotatable bonds is 6. The molecule has 2 aromatic rings. The zero-order chi connectivity index (χ0) is 16.7. The summed E-state index contributed by atoms with van der Waals surface area (Å²) in [5.41, 5.74) is 1.000. The van der Waals surface area contributed by atoms with Crippen molar-refractivity contribution in [1.82, 2.24) is 15.6 Å². The molecule has 0 aliphatic carbocycles. The highest BCUT2D eigenvalue weighted by Crippen LogP contribution is 2.30. The molecule has 0 amide bonds. The first kappa shape index (κ1) is 20.5. The summed E-state index contributed by atoms with van der Waals surface area (Å²) in [5.74, 6) is 2.16. The number of aromatic nitrogens is 1. The van der Waals surface area contributed by atoms with Crippen molar-refractivity contribution in [3.63, 3.8) is 0 Å². The Morgan fingerprint density at radius 1 is 1.21 bits per heavy atom. The van der Waals surface area contributed by atoms with Gasteiger partial charge in [-0.15, -0.1) is 35.3 Å². The van der Waals surface area contributed by atoms with Crippen molar-refractivity contribution < 1.29 is 9.47 Å². The largest absolute Gasteiger partial charge is 0.493 e. The summed E-state index contributed by atoms with van der Waals surface area (Å²) in [5, 5.41) is 7.55. The van der Waals surface area contributed by atoms with E-state index in [1.165, 1.54) is 4.88 Å². The van der Waals surface area contributed by atoms with E-state index < -0.39 is 0 Å². The molecule has 8 heteroatoms. The van der Waals surface area contributed by atoms with Crippen LogP contribution in [0.15, 0.2) is 29.4 Å². The minimum absolute atomic E-state index is 0. The number of nitrogens with one attached hydrogen (secondary N) is 2. The maximum absolute atomic E-state index is 5.43. The van der Waals surface area contributed by atoms with Gasteiger partial charge in [0.1, 0.15) is 5.01 Å². The van der Waals surface area contributed by atoms with Crippen LogP contribution in [-0.4, -0.2) is 32.2 Å². The fraction of sp³-hybridized carbons (Fsp3) is 0.375. The van der Waals surface area contributed by atoms with E-state index in [4.69, 9.17) is 9.47 Å². The Labute approximate surface area is 163 Å². The van der Waals surface area contributed by atoms with Gasteiger partial charge in [0.2, 0.25) is 0 Å². The van der Waals surface area contributed by atoms with E-state index in [-0.39, 0.29) is 24.0 Å². The Morgan fingerprint density at radius 3 is 2.54 bits per heavy atom. The Morgan fingerprint density at radius 2 is 1.96 bits per heavy atom. The molecular weight excluding hydrogens is 439 g/mol. The van der Waals surface area contributed by atoms with Gasteiger partial charge in [0.15, 0.2) is 17.5 Å². The average Bonchev–Trinajstić information content (AvgIpc) is 2.99. The van der Waals surface area contributed by atoms with Gasteiger partial charge in [-0.2, -0.15) is 0 Å². The normalized spacial score (nSPS) is 10.8. The van der Waals surface area contributed by atoms with E-state index in [9.17, 15) is 0 Å². The highest BCUT2D eigenvalue weighted by molar-refractivity contribution is 14.0. The molecule has 0 atom stereocenters. The molecule has 0 saturated carbocycles. The van der Waals surface area contributed by atoms with Crippen molar-refractivity contribution in [3.05, 3.63) is 39.8 Å². The van der Waals surface area contributed by atoms with E-state index in [2.05, 4.69) is 20.6 Å². The van der Waals surface area contributed by atoms with Crippen LogP contribution >= 0.6 is 35.3 Å². The third-order valence-electron chi connectivity index (χ3n) is 3.23. The molecule has 0 aliphatic rings. The maximum atomic E-state index is 5.43. The van der Waals surface area contributed by atoms with Crippen LogP contribution in [0.3, 0.4) is 0 Å². The second-order valence-corrected chi connectivity index (χ2v) is 6.12. The van der Waals surface area contributed by atoms with E-state index >= 15 is 0 Å². The summed E-state index contributed by atoms with van der Waals surface area (Å²) < 4.78 is 10.7. The van der Waals surface area contributed by atoms with Crippen molar-refractivity contribution in [3.8, 4) is 11.5 Å². The third kappa shape index (κ3) is 5.52. The molecular formula is C16H23IN4O2S. The number of ether oxygens (including phenoxy) is 2. The lowest BCUT2D eigenvalue weighted by atomic mass is 10.2. The summed E-state index contributed by atoms with van der Waals surface area (Å²) in [7, 11) is 5.01. The first-order valence-corrected chi connectivity index (χ1v) is 8.05. The van der Waals surface area contributed by atoms with Gasteiger partial charge in [-0.1, -0.05) is 12.1 Å². The first-order chi connectivity index (χ1) is 11.2. The fourth-order valence-electron chi connectivity index (χ4n) is 2.13. The summed E-state index contributed by atoms with van der Waals surface area (Å²) >= 11 is 1.67. The molecule has 0 unspecified atom stereocenters. The van der Waals surface area contributed by atoms with Crippen LogP contribution in [0, 0.1) is 6.92 Å². The summed E-state index contributed by atoms with van der Waals surface area (Å²) in [4.78, 5) is 9.75. The van der Waals surface area contributed by atoms with Crippen molar-refractivity contribution in [2.24, 2.45) is 4.99 Å². The lowest BCUT2D eigenvalue weighted by Gasteiger charge is -2.15. The Bertz CT molecular complexity index is 676. The highest BCUT2D eigenvalue weighted by atomic mass is 127. The molecule has 0 fully saturated rings. The molecule has 132 valence electrons. The summed E-state index contributed by atoms with van der Waals surface area (Å²) in [6.45, 7) is 3.27. The Hall–Kier alpha value is -1.55. The number of hydrogen-bond donors (Lipinski definition) is 2. The van der Waals surface area contributed by atoms with Crippen LogP contribution in [0.5, 0.6) is 11.5 Å². The first-order valence-electron chi connectivity index (χ1n) is 7.23. The van der Waals surface area contributed by atoms with E-state index in [1.807, 2.05) is 31.3 Å². The summed E-state index contributed by atoms with van der Waals surface area (Å²) in [6, 6.07) is 5.80. The van der Waals surface area contributed by atoms with Crippen molar-refractivity contribution >= 4 is 41.3 Å². The van der Waals surface area contributed by atoms with Gasteiger partial charge in [0.05, 0.1) is 20.8 Å². The quantitative estimate of drug-likeness (QED) is 0.393. The maximum Gasteiger partial charge on any atom is 0.191 e. The van der Waals surface area contributed by atoms with Gasteiger partial charge in [0, 0.05) is 30.2 Å². The number of guanidine groups is 1. The fourth-order valence-corrected chi connectivity index (χ4v) is 2.86. The number of benzene rings is 1. The molecule has 1 heterocycles. The van der Waals surface area contributed by atoms with Crippen LogP contribution in [0.4, 0.5) is 0 Å². The number of nitrogens with zero attached hydrogens (tertiary/aromatic N) is 2. The zero-order valence-corrected chi connectivity index (χ0v) is 17.4. The van der Waals surface area contributed by atoms with Gasteiger partial charge in [-0.05, 0) is 13.0 Å².